The van der Waals surface area contributed by atoms with Crippen LogP contribution in [0.3, 0.4) is 0 Å². The molecular formula is C23H23ClN6O5. The van der Waals surface area contributed by atoms with Crippen LogP contribution in [0.15, 0.2) is 44.9 Å². The molecule has 0 aliphatic heterocycles. The minimum Gasteiger partial charge on any atom is -0.495 e. The quantitative estimate of drug-likeness (QED) is 0.234. The van der Waals surface area contributed by atoms with Crippen molar-refractivity contribution in [1.82, 2.24) is 18.9 Å². The summed E-state index contributed by atoms with van der Waals surface area (Å²) in [5.74, 6) is 0.406. The number of halogens is 1. The lowest BCUT2D eigenvalue weighted by molar-refractivity contribution is -0.383. The lowest BCUT2D eigenvalue weighted by atomic mass is 10.2. The fourth-order valence-corrected chi connectivity index (χ4v) is 4.21. The number of aromatic amines is 1. The normalized spacial score (nSPS) is 11.6. The van der Waals surface area contributed by atoms with E-state index in [1.54, 1.807) is 32.0 Å². The number of aromatic nitrogens is 4. The molecule has 11 nitrogen and oxygen atoms in total. The number of ether oxygens (including phenoxy) is 1. The average Bonchev–Trinajstić information content (AvgIpc) is 3.27. The van der Waals surface area contributed by atoms with Gasteiger partial charge in [0.25, 0.3) is 11.2 Å². The van der Waals surface area contributed by atoms with Gasteiger partial charge in [-0.1, -0.05) is 11.6 Å². The second-order valence-electron chi connectivity index (χ2n) is 7.73. The Bertz CT molecular complexity index is 1610. The van der Waals surface area contributed by atoms with Crippen LogP contribution >= 0.6 is 11.6 Å². The number of aryl methyl sites for hydroxylation is 3. The van der Waals surface area contributed by atoms with Crippen LogP contribution in [0.5, 0.6) is 5.75 Å². The summed E-state index contributed by atoms with van der Waals surface area (Å²) < 4.78 is 9.54. The van der Waals surface area contributed by atoms with Gasteiger partial charge in [0.2, 0.25) is 0 Å². The molecule has 4 rings (SSSR count). The van der Waals surface area contributed by atoms with Gasteiger partial charge in [-0.3, -0.25) is 29.1 Å². The van der Waals surface area contributed by atoms with Crippen molar-refractivity contribution in [3.05, 3.63) is 77.6 Å². The van der Waals surface area contributed by atoms with Gasteiger partial charge in [0.05, 0.1) is 39.3 Å². The first-order valence-corrected chi connectivity index (χ1v) is 11.2. The number of benzene rings is 2. The number of fused-ring (bicyclic) bond motifs is 1. The molecule has 0 aliphatic carbocycles. The number of rotatable bonds is 7. The first kappa shape index (κ1) is 24.0. The molecule has 4 aromatic rings. The second kappa shape index (κ2) is 9.26. The van der Waals surface area contributed by atoms with Crippen LogP contribution in [0.1, 0.15) is 25.1 Å². The van der Waals surface area contributed by atoms with E-state index in [1.165, 1.54) is 39.3 Å². The minimum atomic E-state index is -0.553. The molecule has 0 saturated carbocycles. The Kier molecular flexibility index (Phi) is 6.35. The van der Waals surface area contributed by atoms with Gasteiger partial charge in [0.1, 0.15) is 11.4 Å². The third-order valence-corrected chi connectivity index (χ3v) is 6.10. The third-order valence-electron chi connectivity index (χ3n) is 5.79. The Morgan fingerprint density at radius 1 is 1.14 bits per heavy atom. The van der Waals surface area contributed by atoms with Gasteiger partial charge in [0.15, 0.2) is 0 Å². The molecule has 0 radical (unpaired) electrons. The molecule has 0 fully saturated rings. The minimum absolute atomic E-state index is 0.0395. The van der Waals surface area contributed by atoms with Crippen molar-refractivity contribution in [2.45, 2.75) is 33.9 Å². The standard InChI is InChI=1S/C23H23ClN6O5/c1-5-27-19-10-17(18(30(33)34)11-20(19)28(6-2)23(27)32)25-12-15-13(3)26-29(22(15)31)14-7-8-16(24)21(9-14)35-4/h7-12,26H,5-6H2,1-4H3. The van der Waals surface area contributed by atoms with Gasteiger partial charge in [-0.2, -0.15) is 0 Å². The summed E-state index contributed by atoms with van der Waals surface area (Å²) in [7, 11) is 1.47. The smallest absolute Gasteiger partial charge is 0.329 e. The Hall–Kier alpha value is -4.12. The summed E-state index contributed by atoms with van der Waals surface area (Å²) in [6.45, 7) is 6.09. The van der Waals surface area contributed by atoms with Crippen molar-refractivity contribution in [1.29, 1.82) is 0 Å². The zero-order valence-corrected chi connectivity index (χ0v) is 20.3. The van der Waals surface area contributed by atoms with E-state index in [0.717, 1.165) is 0 Å². The summed E-state index contributed by atoms with van der Waals surface area (Å²) in [5, 5.41) is 15.2. The van der Waals surface area contributed by atoms with E-state index in [1.807, 2.05) is 6.92 Å². The summed E-state index contributed by atoms with van der Waals surface area (Å²) in [4.78, 5) is 41.3. The molecule has 12 heteroatoms. The number of nitrogens with one attached hydrogen (secondary N) is 1. The van der Waals surface area contributed by atoms with Crippen molar-refractivity contribution in [2.24, 2.45) is 4.99 Å². The zero-order valence-electron chi connectivity index (χ0n) is 19.5. The van der Waals surface area contributed by atoms with Crippen LogP contribution in [0.25, 0.3) is 16.7 Å². The largest absolute Gasteiger partial charge is 0.495 e. The van der Waals surface area contributed by atoms with Crippen molar-refractivity contribution in [2.75, 3.05) is 7.11 Å². The highest BCUT2D eigenvalue weighted by Gasteiger charge is 2.21. The fourth-order valence-electron chi connectivity index (χ4n) is 4.01. The number of hydrogen-bond acceptors (Lipinski definition) is 6. The summed E-state index contributed by atoms with van der Waals surface area (Å²) in [6, 6.07) is 7.74. The average molecular weight is 499 g/mol. The Labute approximate surface area is 204 Å². The number of hydrogen-bond donors (Lipinski definition) is 1. The number of imidazole rings is 1. The number of nitrogens with zero attached hydrogens (tertiary/aromatic N) is 5. The highest BCUT2D eigenvalue weighted by atomic mass is 35.5. The number of H-pyrrole nitrogens is 1. The number of nitro benzene ring substituents is 1. The highest BCUT2D eigenvalue weighted by Crippen LogP contribution is 2.32. The predicted octanol–water partition coefficient (Wildman–Crippen LogP) is 3.95. The molecule has 2 heterocycles. The van der Waals surface area contributed by atoms with Crippen molar-refractivity contribution >= 4 is 40.2 Å². The molecule has 0 aliphatic rings. The molecule has 0 amide bonds. The second-order valence-corrected chi connectivity index (χ2v) is 8.13. The van der Waals surface area contributed by atoms with Crippen molar-refractivity contribution in [3.8, 4) is 11.4 Å². The van der Waals surface area contributed by atoms with E-state index in [-0.39, 0.29) is 22.6 Å². The van der Waals surface area contributed by atoms with Gasteiger partial charge in [-0.15, -0.1) is 0 Å². The maximum Gasteiger partial charge on any atom is 0.329 e. The SMILES string of the molecule is CCn1c(=O)n(CC)c2cc([N+](=O)[O-])c(N=Cc3c(C)[nH]n(-c4ccc(Cl)c(OC)c4)c3=O)cc21. The monoisotopic (exact) mass is 498 g/mol. The van der Waals surface area contributed by atoms with Crippen LogP contribution in [-0.4, -0.2) is 37.2 Å². The van der Waals surface area contributed by atoms with E-state index in [0.29, 0.717) is 46.3 Å². The van der Waals surface area contributed by atoms with Gasteiger partial charge >= 0.3 is 5.69 Å². The van der Waals surface area contributed by atoms with E-state index in [4.69, 9.17) is 16.3 Å². The zero-order chi connectivity index (χ0) is 25.4. The summed E-state index contributed by atoms with van der Waals surface area (Å²) in [5.41, 5.74) is 1.36. The Balaban J connectivity index is 1.84. The molecule has 182 valence electrons. The molecule has 0 atom stereocenters. The van der Waals surface area contributed by atoms with Gasteiger partial charge < -0.3 is 4.74 Å². The number of aliphatic imine (C=N–C) groups is 1. The van der Waals surface area contributed by atoms with Crippen LogP contribution in [0, 0.1) is 17.0 Å². The summed E-state index contributed by atoms with van der Waals surface area (Å²) >= 11 is 6.08. The fraction of sp³-hybridized carbons (Fsp3) is 0.261. The maximum atomic E-state index is 13.1. The topological polar surface area (TPSA) is 129 Å². The predicted molar refractivity (Wildman–Crippen MR) is 134 cm³/mol. The molecule has 0 spiro atoms. The molecule has 1 N–H and O–H groups in total. The van der Waals surface area contributed by atoms with Crippen molar-refractivity contribution < 1.29 is 9.66 Å². The number of methoxy groups -OCH3 is 1. The molecule has 0 unspecified atom stereocenters. The molecular weight excluding hydrogens is 476 g/mol. The Morgan fingerprint density at radius 3 is 2.40 bits per heavy atom. The van der Waals surface area contributed by atoms with E-state index < -0.39 is 10.5 Å². The van der Waals surface area contributed by atoms with Crippen LogP contribution in [0.4, 0.5) is 11.4 Å². The van der Waals surface area contributed by atoms with Crippen LogP contribution in [-0.2, 0) is 13.1 Å². The molecule has 0 bridgehead atoms. The van der Waals surface area contributed by atoms with Crippen LogP contribution in [0.2, 0.25) is 5.02 Å². The molecule has 2 aromatic heterocycles. The van der Waals surface area contributed by atoms with E-state index in [9.17, 15) is 19.7 Å². The van der Waals surface area contributed by atoms with E-state index in [2.05, 4.69) is 10.1 Å². The first-order chi connectivity index (χ1) is 16.7. The van der Waals surface area contributed by atoms with Crippen LogP contribution < -0.4 is 16.0 Å². The Morgan fingerprint density at radius 2 is 1.80 bits per heavy atom. The van der Waals surface area contributed by atoms with Gasteiger partial charge in [-0.25, -0.2) is 14.5 Å². The van der Waals surface area contributed by atoms with Crippen molar-refractivity contribution in [3.63, 3.8) is 0 Å². The van der Waals surface area contributed by atoms with Gasteiger partial charge in [0, 0.05) is 37.1 Å². The maximum absolute atomic E-state index is 13.1. The molecule has 35 heavy (non-hydrogen) atoms. The third kappa shape index (κ3) is 4.03. The van der Waals surface area contributed by atoms with E-state index >= 15 is 0 Å². The highest BCUT2D eigenvalue weighted by molar-refractivity contribution is 6.32. The van der Waals surface area contributed by atoms with Gasteiger partial charge in [-0.05, 0) is 39.0 Å². The lowest BCUT2D eigenvalue weighted by Gasteiger charge is -2.06. The molecule has 0 saturated heterocycles. The number of nitro groups is 1. The summed E-state index contributed by atoms with van der Waals surface area (Å²) in [6.07, 6.45) is 1.29. The lowest BCUT2D eigenvalue weighted by Crippen LogP contribution is -2.23. The molecule has 2 aromatic carbocycles. The first-order valence-electron chi connectivity index (χ1n) is 10.8.